The molecular weight excluding hydrogens is 262 g/mol. The van der Waals surface area contributed by atoms with E-state index in [1.54, 1.807) is 13.1 Å². The number of rotatable bonds is 2. The van der Waals surface area contributed by atoms with Crippen LogP contribution in [0.2, 0.25) is 5.02 Å². The molecular formula is C11H9ClF2N4. The smallest absolute Gasteiger partial charge is 0.221 e. The number of hydrogen-bond acceptors (Lipinski definition) is 3. The standard InChI is InChI=1S/C11H9ClF2N4/c1-6-5-18(11(15)17-6)16-4-7-2-3-8(12)10(14)9(7)13/h2-5H,1H3,(H2,15,17). The number of halogens is 3. The summed E-state index contributed by atoms with van der Waals surface area (Å²) in [5.74, 6) is -1.99. The summed E-state index contributed by atoms with van der Waals surface area (Å²) < 4.78 is 27.9. The Kier molecular flexibility index (Phi) is 3.29. The van der Waals surface area contributed by atoms with Crippen molar-refractivity contribution in [1.82, 2.24) is 9.66 Å². The van der Waals surface area contributed by atoms with Crippen molar-refractivity contribution in [3.8, 4) is 0 Å². The fourth-order valence-electron chi connectivity index (χ4n) is 1.36. The van der Waals surface area contributed by atoms with Gasteiger partial charge in [-0.15, -0.1) is 0 Å². The Morgan fingerprint density at radius 1 is 1.39 bits per heavy atom. The third kappa shape index (κ3) is 2.33. The lowest BCUT2D eigenvalue weighted by atomic mass is 10.2. The number of nitrogens with zero attached hydrogens (tertiary/aromatic N) is 3. The van der Waals surface area contributed by atoms with Gasteiger partial charge in [-0.05, 0) is 19.1 Å². The highest BCUT2D eigenvalue weighted by atomic mass is 35.5. The summed E-state index contributed by atoms with van der Waals surface area (Å²) in [6.45, 7) is 1.74. The van der Waals surface area contributed by atoms with Crippen LogP contribution in [0.4, 0.5) is 14.7 Å². The molecule has 0 aliphatic heterocycles. The fourth-order valence-corrected chi connectivity index (χ4v) is 1.51. The SMILES string of the molecule is Cc1cn(N=Cc2ccc(Cl)c(F)c2F)c(N)n1. The molecule has 0 fully saturated rings. The first-order valence-corrected chi connectivity index (χ1v) is 5.36. The average Bonchev–Trinajstić information content (AvgIpc) is 2.64. The minimum absolute atomic E-state index is 0.0253. The lowest BCUT2D eigenvalue weighted by Gasteiger charge is -2.00. The second kappa shape index (κ2) is 4.73. The summed E-state index contributed by atoms with van der Waals surface area (Å²) in [4.78, 5) is 3.92. The Hall–Kier alpha value is -1.95. The number of aromatic nitrogens is 2. The normalized spacial score (nSPS) is 11.3. The van der Waals surface area contributed by atoms with Crippen molar-refractivity contribution in [2.75, 3.05) is 5.73 Å². The van der Waals surface area contributed by atoms with Crippen molar-refractivity contribution in [3.05, 3.63) is 46.2 Å². The number of aryl methyl sites for hydroxylation is 1. The van der Waals surface area contributed by atoms with Gasteiger partial charge in [0.1, 0.15) is 0 Å². The minimum atomic E-state index is -1.10. The van der Waals surface area contributed by atoms with Crippen LogP contribution in [-0.2, 0) is 0 Å². The van der Waals surface area contributed by atoms with Gasteiger partial charge in [0.05, 0.1) is 23.1 Å². The van der Waals surface area contributed by atoms with E-state index in [0.717, 1.165) is 6.21 Å². The molecule has 2 aromatic rings. The van der Waals surface area contributed by atoms with Crippen LogP contribution in [0.1, 0.15) is 11.3 Å². The molecule has 2 N–H and O–H groups in total. The molecule has 0 amide bonds. The quantitative estimate of drug-likeness (QED) is 0.674. The van der Waals surface area contributed by atoms with Gasteiger partial charge >= 0.3 is 0 Å². The summed E-state index contributed by atoms with van der Waals surface area (Å²) in [5, 5.41) is 3.61. The van der Waals surface area contributed by atoms with Crippen molar-refractivity contribution in [3.63, 3.8) is 0 Å². The molecule has 0 radical (unpaired) electrons. The van der Waals surface area contributed by atoms with Gasteiger partial charge in [-0.1, -0.05) is 11.6 Å². The van der Waals surface area contributed by atoms with E-state index in [4.69, 9.17) is 17.3 Å². The summed E-state index contributed by atoms with van der Waals surface area (Å²) in [7, 11) is 0. The van der Waals surface area contributed by atoms with Crippen molar-refractivity contribution in [2.24, 2.45) is 5.10 Å². The first-order chi connectivity index (χ1) is 8.49. The number of anilines is 1. The van der Waals surface area contributed by atoms with Crippen LogP contribution in [0.5, 0.6) is 0 Å². The number of hydrogen-bond donors (Lipinski definition) is 1. The van der Waals surface area contributed by atoms with Crippen LogP contribution in [0.15, 0.2) is 23.4 Å². The van der Waals surface area contributed by atoms with E-state index in [1.165, 1.54) is 16.8 Å². The molecule has 1 aromatic heterocycles. The largest absolute Gasteiger partial charge is 0.368 e. The second-order valence-electron chi connectivity index (χ2n) is 3.59. The summed E-state index contributed by atoms with van der Waals surface area (Å²) in [6, 6.07) is 2.58. The van der Waals surface area contributed by atoms with Crippen molar-refractivity contribution >= 4 is 23.8 Å². The zero-order valence-electron chi connectivity index (χ0n) is 9.36. The van der Waals surface area contributed by atoms with Crippen LogP contribution in [-0.4, -0.2) is 15.9 Å². The predicted molar refractivity (Wildman–Crippen MR) is 65.7 cm³/mol. The van der Waals surface area contributed by atoms with Crippen molar-refractivity contribution in [2.45, 2.75) is 6.92 Å². The van der Waals surface area contributed by atoms with E-state index in [0.29, 0.717) is 5.69 Å². The van der Waals surface area contributed by atoms with Gasteiger partial charge in [-0.2, -0.15) is 5.10 Å². The van der Waals surface area contributed by atoms with Crippen LogP contribution in [0, 0.1) is 18.6 Å². The molecule has 94 valence electrons. The lowest BCUT2D eigenvalue weighted by molar-refractivity contribution is 0.508. The lowest BCUT2D eigenvalue weighted by Crippen LogP contribution is -1.99. The van der Waals surface area contributed by atoms with E-state index in [1.807, 2.05) is 0 Å². The van der Waals surface area contributed by atoms with Crippen LogP contribution >= 0.6 is 11.6 Å². The molecule has 0 bridgehead atoms. The molecule has 4 nitrogen and oxygen atoms in total. The summed E-state index contributed by atoms with van der Waals surface area (Å²) in [5.41, 5.74) is 6.19. The first kappa shape index (κ1) is 12.5. The Morgan fingerprint density at radius 2 is 2.11 bits per heavy atom. The van der Waals surface area contributed by atoms with Gasteiger partial charge < -0.3 is 5.73 Å². The summed E-state index contributed by atoms with van der Waals surface area (Å²) in [6.07, 6.45) is 2.71. The third-order valence-electron chi connectivity index (χ3n) is 2.22. The molecule has 2 rings (SSSR count). The van der Waals surface area contributed by atoms with Crippen LogP contribution in [0.3, 0.4) is 0 Å². The van der Waals surface area contributed by atoms with Gasteiger partial charge in [-0.25, -0.2) is 18.4 Å². The van der Waals surface area contributed by atoms with Crippen molar-refractivity contribution in [1.29, 1.82) is 0 Å². The zero-order valence-corrected chi connectivity index (χ0v) is 10.1. The topological polar surface area (TPSA) is 56.2 Å². The van der Waals surface area contributed by atoms with Gasteiger partial charge in [-0.3, -0.25) is 0 Å². The number of nitrogens with two attached hydrogens (primary N) is 1. The maximum absolute atomic E-state index is 13.5. The monoisotopic (exact) mass is 270 g/mol. The molecule has 0 aliphatic carbocycles. The molecule has 0 unspecified atom stereocenters. The number of benzene rings is 1. The average molecular weight is 271 g/mol. The molecule has 0 aliphatic rings. The third-order valence-corrected chi connectivity index (χ3v) is 2.51. The molecule has 0 atom stereocenters. The Labute approximate surface area is 107 Å². The molecule has 7 heteroatoms. The van der Waals surface area contributed by atoms with E-state index in [2.05, 4.69) is 10.1 Å². The Morgan fingerprint density at radius 3 is 2.72 bits per heavy atom. The number of imidazole rings is 1. The summed E-state index contributed by atoms with van der Waals surface area (Å²) >= 11 is 5.44. The predicted octanol–water partition coefficient (Wildman–Crippen LogP) is 2.59. The van der Waals surface area contributed by atoms with E-state index in [-0.39, 0.29) is 16.5 Å². The highest BCUT2D eigenvalue weighted by Crippen LogP contribution is 2.19. The van der Waals surface area contributed by atoms with Crippen molar-refractivity contribution < 1.29 is 8.78 Å². The molecule has 1 heterocycles. The van der Waals surface area contributed by atoms with Crippen LogP contribution in [0.25, 0.3) is 0 Å². The minimum Gasteiger partial charge on any atom is -0.368 e. The Balaban J connectivity index is 2.35. The van der Waals surface area contributed by atoms with E-state index in [9.17, 15) is 8.78 Å². The number of nitrogen functional groups attached to an aromatic ring is 1. The van der Waals surface area contributed by atoms with Gasteiger partial charge in [0.15, 0.2) is 11.6 Å². The maximum atomic E-state index is 13.5. The molecule has 0 saturated carbocycles. The van der Waals surface area contributed by atoms with E-state index < -0.39 is 11.6 Å². The van der Waals surface area contributed by atoms with Crippen LogP contribution < -0.4 is 5.73 Å². The second-order valence-corrected chi connectivity index (χ2v) is 4.00. The zero-order chi connectivity index (χ0) is 13.3. The molecule has 0 spiro atoms. The fraction of sp³-hybridized carbons (Fsp3) is 0.0909. The van der Waals surface area contributed by atoms with Gasteiger partial charge in [0.25, 0.3) is 0 Å². The molecule has 18 heavy (non-hydrogen) atoms. The van der Waals surface area contributed by atoms with E-state index >= 15 is 0 Å². The highest BCUT2D eigenvalue weighted by molar-refractivity contribution is 6.30. The van der Waals surface area contributed by atoms with Gasteiger partial charge in [0, 0.05) is 5.56 Å². The maximum Gasteiger partial charge on any atom is 0.221 e. The van der Waals surface area contributed by atoms with Gasteiger partial charge in [0.2, 0.25) is 5.95 Å². The molecule has 0 saturated heterocycles. The highest BCUT2D eigenvalue weighted by Gasteiger charge is 2.10. The first-order valence-electron chi connectivity index (χ1n) is 4.98. The Bertz CT molecular complexity index is 622. The molecule has 1 aromatic carbocycles.